The molecule has 1 saturated carbocycles. The summed E-state index contributed by atoms with van der Waals surface area (Å²) in [6.45, 7) is 5.50. The summed E-state index contributed by atoms with van der Waals surface area (Å²) in [5.41, 5.74) is 0.300. The Morgan fingerprint density at radius 2 is 1.70 bits per heavy atom. The van der Waals surface area contributed by atoms with E-state index in [4.69, 9.17) is 0 Å². The molecular weight excluding hydrogens is 438 g/mol. The first-order valence-corrected chi connectivity index (χ1v) is 13.4. The second-order valence-electron chi connectivity index (χ2n) is 10.1. The van der Waals surface area contributed by atoms with Gasteiger partial charge in [-0.3, -0.25) is 9.59 Å². The average molecular weight is 474 g/mol. The molecule has 1 amide bonds. The molecule has 1 aliphatic carbocycles. The fourth-order valence-electron chi connectivity index (χ4n) is 5.59. The van der Waals surface area contributed by atoms with Crippen LogP contribution in [0.15, 0.2) is 34.1 Å². The number of pyridine rings is 1. The zero-order valence-corrected chi connectivity index (χ0v) is 20.9. The summed E-state index contributed by atoms with van der Waals surface area (Å²) >= 11 is 0. The first kappa shape index (κ1) is 24.0. The van der Waals surface area contributed by atoms with Gasteiger partial charge in [0.05, 0.1) is 10.4 Å². The topological polar surface area (TPSA) is 79.7 Å². The fraction of sp³-hybridized carbons (Fsp3) is 0.600. The highest BCUT2D eigenvalue weighted by molar-refractivity contribution is 7.89. The zero-order valence-electron chi connectivity index (χ0n) is 20.1. The lowest BCUT2D eigenvalue weighted by molar-refractivity contribution is 0.0621. The van der Waals surface area contributed by atoms with Crippen molar-refractivity contribution in [3.8, 4) is 0 Å². The Kier molecular flexibility index (Phi) is 6.69. The molecule has 1 aliphatic heterocycles. The van der Waals surface area contributed by atoms with E-state index in [2.05, 4.69) is 13.8 Å². The number of sulfonamides is 1. The van der Waals surface area contributed by atoms with E-state index >= 15 is 0 Å². The number of likely N-dealkylation sites (tertiary alicyclic amines) is 1. The molecule has 1 aromatic heterocycles. The molecule has 0 bridgehead atoms. The highest BCUT2D eigenvalue weighted by atomic mass is 32.2. The smallest absolute Gasteiger partial charge is 0.259 e. The number of amides is 1. The predicted octanol–water partition coefficient (Wildman–Crippen LogP) is 3.61. The third kappa shape index (κ3) is 4.60. The maximum atomic E-state index is 13.4. The van der Waals surface area contributed by atoms with Crippen molar-refractivity contribution >= 4 is 26.8 Å². The van der Waals surface area contributed by atoms with Gasteiger partial charge in [0, 0.05) is 44.8 Å². The normalized spacial score (nSPS) is 22.8. The summed E-state index contributed by atoms with van der Waals surface area (Å²) in [6, 6.07) is 4.66. The monoisotopic (exact) mass is 473 g/mol. The molecular formula is C25H35N3O4S. The third-order valence-electron chi connectivity index (χ3n) is 7.31. The summed E-state index contributed by atoms with van der Waals surface area (Å²) in [7, 11) is -0.327. The van der Waals surface area contributed by atoms with Crippen LogP contribution in [-0.4, -0.2) is 54.3 Å². The predicted molar refractivity (Wildman–Crippen MR) is 130 cm³/mol. The number of aryl methyl sites for hydroxylation is 1. The largest absolute Gasteiger partial charge is 0.350 e. The average Bonchev–Trinajstić information content (AvgIpc) is 2.80. The maximum Gasteiger partial charge on any atom is 0.259 e. The standard InChI is InChI=1S/C25H35N3O4S/c1-17-12-18(2)15-28(14-17)25(30)22-16-26(3)23-11-10-20(13-21(23)24(22)29)33(31,32)27(4)19-8-6-5-7-9-19/h10-11,13,16-19H,5-9,12,14-15H2,1-4H3/t17-,18-/m0/s1. The van der Waals surface area contributed by atoms with Gasteiger partial charge in [0.2, 0.25) is 15.5 Å². The Morgan fingerprint density at radius 3 is 2.33 bits per heavy atom. The van der Waals surface area contributed by atoms with Gasteiger partial charge in [-0.25, -0.2) is 8.42 Å². The van der Waals surface area contributed by atoms with Crippen molar-refractivity contribution in [2.24, 2.45) is 18.9 Å². The lowest BCUT2D eigenvalue weighted by Crippen LogP contribution is -2.44. The minimum Gasteiger partial charge on any atom is -0.350 e. The maximum absolute atomic E-state index is 13.4. The van der Waals surface area contributed by atoms with Crippen molar-refractivity contribution in [2.75, 3.05) is 20.1 Å². The first-order chi connectivity index (χ1) is 15.6. The SMILES string of the molecule is C[C@H]1C[C@H](C)CN(C(=O)c2cn(C)c3ccc(S(=O)(=O)N(C)C4CCCCC4)cc3c2=O)C1. The zero-order chi connectivity index (χ0) is 23.9. The third-order valence-corrected chi connectivity index (χ3v) is 9.22. The number of aromatic nitrogens is 1. The van der Waals surface area contributed by atoms with Crippen molar-refractivity contribution in [3.63, 3.8) is 0 Å². The molecule has 2 atom stereocenters. The lowest BCUT2D eigenvalue weighted by Gasteiger charge is -2.35. The number of rotatable bonds is 4. The molecule has 4 rings (SSSR count). The highest BCUT2D eigenvalue weighted by Gasteiger charge is 2.31. The molecule has 8 heteroatoms. The molecule has 0 unspecified atom stereocenters. The lowest BCUT2D eigenvalue weighted by atomic mass is 9.91. The molecule has 180 valence electrons. The number of benzene rings is 1. The van der Waals surface area contributed by atoms with Crippen molar-refractivity contribution in [1.82, 2.24) is 13.8 Å². The fourth-order valence-corrected chi connectivity index (χ4v) is 7.03. The van der Waals surface area contributed by atoms with Gasteiger partial charge in [-0.2, -0.15) is 4.31 Å². The Balaban J connectivity index is 1.73. The van der Waals surface area contributed by atoms with Crippen molar-refractivity contribution in [2.45, 2.75) is 63.3 Å². The Morgan fingerprint density at radius 1 is 1.06 bits per heavy atom. The van der Waals surface area contributed by atoms with E-state index in [0.29, 0.717) is 30.4 Å². The van der Waals surface area contributed by atoms with E-state index in [-0.39, 0.29) is 27.8 Å². The summed E-state index contributed by atoms with van der Waals surface area (Å²) in [6.07, 6.45) is 7.56. The van der Waals surface area contributed by atoms with Gasteiger partial charge in [-0.05, 0) is 49.3 Å². The molecule has 33 heavy (non-hydrogen) atoms. The quantitative estimate of drug-likeness (QED) is 0.680. The molecule has 2 heterocycles. The van der Waals surface area contributed by atoms with Crippen LogP contribution in [0.25, 0.3) is 10.9 Å². The van der Waals surface area contributed by atoms with Gasteiger partial charge < -0.3 is 9.47 Å². The Labute approximate surface area is 196 Å². The van der Waals surface area contributed by atoms with Crippen molar-refractivity contribution < 1.29 is 13.2 Å². The van der Waals surface area contributed by atoms with Crippen LogP contribution in [0.5, 0.6) is 0 Å². The van der Waals surface area contributed by atoms with Crippen LogP contribution in [0.2, 0.25) is 0 Å². The van der Waals surface area contributed by atoms with Crippen LogP contribution in [0.3, 0.4) is 0 Å². The number of hydrogen-bond acceptors (Lipinski definition) is 4. The minimum atomic E-state index is -3.74. The van der Waals surface area contributed by atoms with Crippen LogP contribution in [-0.2, 0) is 17.1 Å². The van der Waals surface area contributed by atoms with Crippen molar-refractivity contribution in [1.29, 1.82) is 0 Å². The van der Waals surface area contributed by atoms with Crippen LogP contribution < -0.4 is 5.43 Å². The number of carbonyl (C=O) groups is 1. The Bertz CT molecular complexity index is 1200. The van der Waals surface area contributed by atoms with Gasteiger partial charge in [0.15, 0.2) is 0 Å². The van der Waals surface area contributed by atoms with Crippen LogP contribution in [0.1, 0.15) is 62.7 Å². The van der Waals surface area contributed by atoms with E-state index in [9.17, 15) is 18.0 Å². The number of piperidine rings is 1. The summed E-state index contributed by atoms with van der Waals surface area (Å²) in [5.74, 6) is 0.492. The second-order valence-corrected chi connectivity index (χ2v) is 12.1. The molecule has 1 aromatic carbocycles. The molecule has 2 aliphatic rings. The Hall–Kier alpha value is -2.19. The summed E-state index contributed by atoms with van der Waals surface area (Å²) < 4.78 is 29.9. The van der Waals surface area contributed by atoms with Crippen LogP contribution in [0, 0.1) is 11.8 Å². The molecule has 0 radical (unpaired) electrons. The highest BCUT2D eigenvalue weighted by Crippen LogP contribution is 2.28. The summed E-state index contributed by atoms with van der Waals surface area (Å²) in [5, 5.41) is 0.263. The van der Waals surface area contributed by atoms with E-state index in [1.54, 1.807) is 41.9 Å². The first-order valence-electron chi connectivity index (χ1n) is 12.0. The van der Waals surface area contributed by atoms with Crippen molar-refractivity contribution in [3.05, 3.63) is 40.2 Å². The van der Waals surface area contributed by atoms with E-state index in [1.807, 2.05) is 0 Å². The second kappa shape index (κ2) is 9.22. The van der Waals surface area contributed by atoms with Gasteiger partial charge >= 0.3 is 0 Å². The number of carbonyl (C=O) groups excluding carboxylic acids is 1. The molecule has 2 fully saturated rings. The van der Waals surface area contributed by atoms with Crippen LogP contribution in [0.4, 0.5) is 0 Å². The van der Waals surface area contributed by atoms with Crippen LogP contribution >= 0.6 is 0 Å². The van der Waals surface area contributed by atoms with Gasteiger partial charge in [-0.15, -0.1) is 0 Å². The molecule has 7 nitrogen and oxygen atoms in total. The molecule has 1 saturated heterocycles. The minimum absolute atomic E-state index is 0.0155. The molecule has 0 N–H and O–H groups in total. The molecule has 0 spiro atoms. The van der Waals surface area contributed by atoms with Gasteiger partial charge in [0.1, 0.15) is 5.56 Å². The van der Waals surface area contributed by atoms with Gasteiger partial charge in [-0.1, -0.05) is 33.1 Å². The van der Waals surface area contributed by atoms with E-state index < -0.39 is 15.5 Å². The summed E-state index contributed by atoms with van der Waals surface area (Å²) in [4.78, 5) is 28.6. The molecule has 2 aromatic rings. The number of fused-ring (bicyclic) bond motifs is 1. The van der Waals surface area contributed by atoms with E-state index in [1.165, 1.54) is 10.4 Å². The van der Waals surface area contributed by atoms with E-state index in [0.717, 1.165) is 38.5 Å². The number of nitrogens with zero attached hydrogens (tertiary/aromatic N) is 3. The van der Waals surface area contributed by atoms with Gasteiger partial charge in [0.25, 0.3) is 5.91 Å². The number of hydrogen-bond donors (Lipinski definition) is 0.